The third-order valence-corrected chi connectivity index (χ3v) is 10.5. The molecule has 4 N–H and O–H groups in total. The Hall–Kier alpha value is -6.98. The standard InChI is InChI=1S/C46H34F12N4O2/c1-27(63)28-13-17-30(18-14-28)41(43(47,48)49,44(50,51)52)31-19-15-29(16-20-31)40(64)62-39-26-33(22-24-37(39)61-35-11-7-4-8-12-35)42(45(53,54)55,46(56,57)58)32-21-23-36(38(25-32)59-2)60-34-9-5-3-6-10-34/h3-26,59-61H,1-2H3,(H,62,64). The third-order valence-electron chi connectivity index (χ3n) is 10.5. The van der Waals surface area contributed by atoms with Gasteiger partial charge in [0.2, 0.25) is 10.8 Å². The van der Waals surface area contributed by atoms with Gasteiger partial charge in [-0.15, -0.1) is 0 Å². The molecule has 0 saturated carbocycles. The van der Waals surface area contributed by atoms with Gasteiger partial charge in [-0.1, -0.05) is 84.9 Å². The molecule has 18 heteroatoms. The zero-order valence-corrected chi connectivity index (χ0v) is 33.2. The summed E-state index contributed by atoms with van der Waals surface area (Å²) in [5.41, 5.74) is -15.8. The van der Waals surface area contributed by atoms with Gasteiger partial charge >= 0.3 is 24.7 Å². The molecular formula is C46H34F12N4O2. The molecule has 0 radical (unpaired) electrons. The second-order valence-corrected chi connectivity index (χ2v) is 14.4. The third kappa shape index (κ3) is 8.55. The van der Waals surface area contributed by atoms with E-state index in [9.17, 15) is 35.9 Å². The van der Waals surface area contributed by atoms with E-state index in [2.05, 4.69) is 21.3 Å². The van der Waals surface area contributed by atoms with Gasteiger partial charge in [-0.05, 0) is 89.8 Å². The molecule has 6 aromatic rings. The SMILES string of the molecule is CNc1cc(C(c2ccc(Nc3ccccc3)c(NC(=O)c3ccc(C(c4ccc(C(C)=O)cc4)(C(F)(F)F)C(F)(F)F)cc3)c2)(C(F)(F)F)C(F)(F)F)ccc1Nc1ccccc1. The topological polar surface area (TPSA) is 82.3 Å². The van der Waals surface area contributed by atoms with Crippen LogP contribution in [0.5, 0.6) is 0 Å². The molecule has 6 aromatic carbocycles. The number of para-hydroxylation sites is 2. The highest BCUT2D eigenvalue weighted by molar-refractivity contribution is 6.06. The maximum atomic E-state index is 15.5. The van der Waals surface area contributed by atoms with E-state index in [0.29, 0.717) is 66.4 Å². The van der Waals surface area contributed by atoms with Crippen molar-refractivity contribution < 1.29 is 62.3 Å². The summed E-state index contributed by atoms with van der Waals surface area (Å²) in [4.78, 5) is 25.5. The number of Topliss-reactive ketones (excluding diaryl/α,β-unsaturated/α-hetero) is 1. The van der Waals surface area contributed by atoms with E-state index in [0.717, 1.165) is 31.2 Å². The first kappa shape index (κ1) is 46.5. The molecule has 0 saturated heterocycles. The Bertz CT molecular complexity index is 2580. The summed E-state index contributed by atoms with van der Waals surface area (Å²) in [7, 11) is 1.29. The molecule has 0 aliphatic heterocycles. The molecule has 0 aliphatic rings. The number of alkyl halides is 12. The highest BCUT2D eigenvalue weighted by atomic mass is 19.4. The van der Waals surface area contributed by atoms with Crippen LogP contribution >= 0.6 is 0 Å². The van der Waals surface area contributed by atoms with E-state index >= 15 is 26.3 Å². The predicted octanol–water partition coefficient (Wildman–Crippen LogP) is 13.5. The summed E-state index contributed by atoms with van der Waals surface area (Å²) in [5.74, 6) is -1.95. The van der Waals surface area contributed by atoms with Crippen molar-refractivity contribution in [3.63, 3.8) is 0 Å². The molecule has 0 spiro atoms. The van der Waals surface area contributed by atoms with E-state index in [1.807, 2.05) is 0 Å². The van der Waals surface area contributed by atoms with Crippen molar-refractivity contribution in [2.24, 2.45) is 0 Å². The Kier molecular flexibility index (Phi) is 12.6. The highest BCUT2D eigenvalue weighted by Gasteiger charge is 2.73. The molecule has 1 amide bonds. The molecule has 0 aliphatic carbocycles. The molecule has 0 atom stereocenters. The van der Waals surface area contributed by atoms with Crippen LogP contribution in [0.2, 0.25) is 0 Å². The first-order valence-corrected chi connectivity index (χ1v) is 18.9. The molecule has 0 aromatic heterocycles. The summed E-state index contributed by atoms with van der Waals surface area (Å²) in [6.07, 6.45) is -24.3. The van der Waals surface area contributed by atoms with Gasteiger partial charge in [-0.25, -0.2) is 0 Å². The lowest BCUT2D eigenvalue weighted by Crippen LogP contribution is -2.54. The fourth-order valence-corrected chi connectivity index (χ4v) is 7.42. The molecule has 6 nitrogen and oxygen atoms in total. The molecule has 0 heterocycles. The number of anilines is 6. The average Bonchev–Trinajstić information content (AvgIpc) is 3.21. The maximum absolute atomic E-state index is 15.5. The van der Waals surface area contributed by atoms with Crippen LogP contribution in [-0.2, 0) is 10.8 Å². The van der Waals surface area contributed by atoms with Gasteiger partial charge in [-0.2, -0.15) is 52.7 Å². The second kappa shape index (κ2) is 17.3. The molecule has 0 bridgehead atoms. The van der Waals surface area contributed by atoms with E-state index in [4.69, 9.17) is 0 Å². The van der Waals surface area contributed by atoms with Crippen LogP contribution in [0.25, 0.3) is 0 Å². The lowest BCUT2D eigenvalue weighted by Gasteiger charge is -2.39. The van der Waals surface area contributed by atoms with Crippen LogP contribution < -0.4 is 21.3 Å². The fraction of sp³-hybridized carbons (Fsp3) is 0.174. The van der Waals surface area contributed by atoms with Crippen molar-refractivity contribution >= 4 is 45.8 Å². The summed E-state index contributed by atoms with van der Waals surface area (Å²) in [5, 5.41) is 10.6. The summed E-state index contributed by atoms with van der Waals surface area (Å²) >= 11 is 0. The van der Waals surface area contributed by atoms with Gasteiger partial charge in [-0.3, -0.25) is 9.59 Å². The maximum Gasteiger partial charge on any atom is 0.411 e. The van der Waals surface area contributed by atoms with Crippen molar-refractivity contribution in [3.05, 3.63) is 179 Å². The van der Waals surface area contributed by atoms with E-state index in [1.54, 1.807) is 48.5 Å². The minimum atomic E-state index is -6.09. The molecule has 0 fully saturated rings. The van der Waals surface area contributed by atoms with Crippen molar-refractivity contribution in [1.29, 1.82) is 0 Å². The minimum Gasteiger partial charge on any atom is -0.386 e. The number of amides is 1. The number of benzene rings is 6. The van der Waals surface area contributed by atoms with Gasteiger partial charge < -0.3 is 21.3 Å². The van der Waals surface area contributed by atoms with E-state index in [1.165, 1.54) is 19.2 Å². The number of rotatable bonds is 12. The van der Waals surface area contributed by atoms with Gasteiger partial charge in [0.25, 0.3) is 5.91 Å². The first-order chi connectivity index (χ1) is 29.9. The van der Waals surface area contributed by atoms with Crippen molar-refractivity contribution in [2.75, 3.05) is 28.3 Å². The second-order valence-electron chi connectivity index (χ2n) is 14.4. The molecule has 0 unspecified atom stereocenters. The normalized spacial score (nSPS) is 12.7. The van der Waals surface area contributed by atoms with Gasteiger partial charge in [0, 0.05) is 29.5 Å². The predicted molar refractivity (Wildman–Crippen MR) is 219 cm³/mol. The zero-order chi connectivity index (χ0) is 46.9. The lowest BCUT2D eigenvalue weighted by molar-refractivity contribution is -0.290. The number of carbonyl (C=O) groups excluding carboxylic acids is 2. The van der Waals surface area contributed by atoms with Crippen LogP contribution in [0, 0.1) is 0 Å². The Morgan fingerprint density at radius 1 is 0.406 bits per heavy atom. The Morgan fingerprint density at radius 2 is 0.750 bits per heavy atom. The summed E-state index contributed by atoms with van der Waals surface area (Å²) in [6, 6.07) is 24.7. The lowest BCUT2D eigenvalue weighted by atomic mass is 9.72. The Morgan fingerprint density at radius 3 is 1.12 bits per heavy atom. The van der Waals surface area contributed by atoms with Gasteiger partial charge in [0.1, 0.15) is 0 Å². The minimum absolute atomic E-state index is 0.130. The monoisotopic (exact) mass is 902 g/mol. The molecule has 6 rings (SSSR count). The molecule has 334 valence electrons. The van der Waals surface area contributed by atoms with Crippen LogP contribution in [0.15, 0.2) is 146 Å². The van der Waals surface area contributed by atoms with Crippen molar-refractivity contribution in [1.82, 2.24) is 0 Å². The molecular weight excluding hydrogens is 869 g/mol. The Labute approximate surface area is 357 Å². The number of ketones is 1. The Balaban J connectivity index is 1.47. The van der Waals surface area contributed by atoms with Crippen molar-refractivity contribution in [3.8, 4) is 0 Å². The average molecular weight is 903 g/mol. The van der Waals surface area contributed by atoms with Crippen LogP contribution in [0.1, 0.15) is 49.9 Å². The van der Waals surface area contributed by atoms with Crippen molar-refractivity contribution in [2.45, 2.75) is 42.5 Å². The van der Waals surface area contributed by atoms with Crippen LogP contribution in [0.3, 0.4) is 0 Å². The number of halogens is 12. The van der Waals surface area contributed by atoms with Gasteiger partial charge in [0.05, 0.1) is 22.7 Å². The number of nitrogens with one attached hydrogen (secondary N) is 4. The number of carbonyl (C=O) groups is 2. The van der Waals surface area contributed by atoms with E-state index in [-0.39, 0.29) is 28.3 Å². The first-order valence-electron chi connectivity index (χ1n) is 18.9. The number of hydrogen-bond donors (Lipinski definition) is 4. The summed E-state index contributed by atoms with van der Waals surface area (Å²) < 4.78 is 182. The van der Waals surface area contributed by atoms with E-state index < -0.39 is 80.7 Å². The van der Waals surface area contributed by atoms with Crippen LogP contribution in [-0.4, -0.2) is 43.4 Å². The van der Waals surface area contributed by atoms with Gasteiger partial charge in [0.15, 0.2) is 5.78 Å². The van der Waals surface area contributed by atoms with Crippen LogP contribution in [0.4, 0.5) is 86.8 Å². The molecule has 64 heavy (non-hydrogen) atoms. The fourth-order valence-electron chi connectivity index (χ4n) is 7.42. The quantitative estimate of drug-likeness (QED) is 0.0727. The number of hydrogen-bond acceptors (Lipinski definition) is 5. The zero-order valence-electron chi connectivity index (χ0n) is 33.2. The largest absolute Gasteiger partial charge is 0.411 e. The highest BCUT2D eigenvalue weighted by Crippen LogP contribution is 2.58. The smallest absolute Gasteiger partial charge is 0.386 e. The summed E-state index contributed by atoms with van der Waals surface area (Å²) in [6.45, 7) is 1.06.